The molecule has 0 aliphatic carbocycles. The van der Waals surface area contributed by atoms with Crippen LogP contribution in [0.2, 0.25) is 0 Å². The molecule has 94 valence electrons. The van der Waals surface area contributed by atoms with E-state index in [4.69, 9.17) is 9.47 Å². The van der Waals surface area contributed by atoms with Gasteiger partial charge in [0.25, 0.3) is 0 Å². The Bertz CT molecular complexity index is 540. The molecule has 3 nitrogen and oxygen atoms in total. The van der Waals surface area contributed by atoms with E-state index < -0.39 is 5.82 Å². The second-order valence-corrected chi connectivity index (χ2v) is 3.73. The van der Waals surface area contributed by atoms with Gasteiger partial charge in [-0.05, 0) is 29.8 Å². The maximum absolute atomic E-state index is 13.3. The van der Waals surface area contributed by atoms with Gasteiger partial charge in [0.05, 0.1) is 7.11 Å². The summed E-state index contributed by atoms with van der Waals surface area (Å²) in [4.78, 5) is 0. The van der Waals surface area contributed by atoms with Crippen LogP contribution in [0.15, 0.2) is 42.5 Å². The average molecular weight is 248 g/mol. The average Bonchev–Trinajstić information content (AvgIpc) is 2.38. The van der Waals surface area contributed by atoms with Crippen molar-refractivity contribution < 1.29 is 19.0 Å². The minimum atomic E-state index is -0.407. The van der Waals surface area contributed by atoms with Gasteiger partial charge in [-0.15, -0.1) is 0 Å². The summed E-state index contributed by atoms with van der Waals surface area (Å²) >= 11 is 0. The van der Waals surface area contributed by atoms with Gasteiger partial charge in [0.2, 0.25) is 0 Å². The van der Waals surface area contributed by atoms with E-state index in [-0.39, 0.29) is 18.1 Å². The van der Waals surface area contributed by atoms with Crippen molar-refractivity contribution in [2.45, 2.75) is 6.61 Å². The van der Waals surface area contributed by atoms with Crippen LogP contribution in [0.5, 0.6) is 17.2 Å². The van der Waals surface area contributed by atoms with Crippen LogP contribution >= 0.6 is 0 Å². The predicted octanol–water partition coefficient (Wildman–Crippen LogP) is 3.12. The Labute approximate surface area is 104 Å². The third kappa shape index (κ3) is 2.71. The van der Waals surface area contributed by atoms with Crippen LogP contribution in [0.4, 0.5) is 4.39 Å². The molecule has 0 unspecified atom stereocenters. The number of ether oxygens (including phenoxy) is 2. The number of phenols is 1. The lowest BCUT2D eigenvalue weighted by Crippen LogP contribution is -1.97. The Morgan fingerprint density at radius 1 is 1.11 bits per heavy atom. The lowest BCUT2D eigenvalue weighted by atomic mass is 10.2. The number of rotatable bonds is 4. The number of para-hydroxylation sites is 1. The number of phenolic OH excluding ortho intramolecular Hbond substituents is 1. The Kier molecular flexibility index (Phi) is 3.67. The van der Waals surface area contributed by atoms with Gasteiger partial charge in [-0.3, -0.25) is 0 Å². The van der Waals surface area contributed by atoms with E-state index in [1.165, 1.54) is 19.2 Å². The second-order valence-electron chi connectivity index (χ2n) is 3.73. The number of benzene rings is 2. The van der Waals surface area contributed by atoms with Crippen molar-refractivity contribution in [3.05, 3.63) is 53.8 Å². The highest BCUT2D eigenvalue weighted by atomic mass is 19.1. The number of hydrogen-bond acceptors (Lipinski definition) is 3. The van der Waals surface area contributed by atoms with Crippen LogP contribution in [0, 0.1) is 5.82 Å². The van der Waals surface area contributed by atoms with Crippen molar-refractivity contribution in [3.63, 3.8) is 0 Å². The third-order valence-electron chi connectivity index (χ3n) is 2.47. The zero-order valence-electron chi connectivity index (χ0n) is 9.89. The van der Waals surface area contributed by atoms with Gasteiger partial charge < -0.3 is 14.6 Å². The second kappa shape index (κ2) is 5.40. The molecule has 0 saturated carbocycles. The summed E-state index contributed by atoms with van der Waals surface area (Å²) in [7, 11) is 1.48. The number of hydrogen-bond donors (Lipinski definition) is 1. The normalized spacial score (nSPS) is 10.1. The highest BCUT2D eigenvalue weighted by Gasteiger charge is 2.05. The first-order valence-corrected chi connectivity index (χ1v) is 5.44. The van der Waals surface area contributed by atoms with Gasteiger partial charge in [0.15, 0.2) is 23.1 Å². The van der Waals surface area contributed by atoms with Crippen LogP contribution in [-0.4, -0.2) is 12.2 Å². The fourth-order valence-electron chi connectivity index (χ4n) is 1.55. The van der Waals surface area contributed by atoms with Crippen LogP contribution in [0.3, 0.4) is 0 Å². The monoisotopic (exact) mass is 248 g/mol. The summed E-state index contributed by atoms with van der Waals surface area (Å²) in [5.41, 5.74) is 0.733. The molecule has 2 aromatic carbocycles. The molecule has 0 aromatic heterocycles. The van der Waals surface area contributed by atoms with Crippen molar-refractivity contribution in [2.75, 3.05) is 7.11 Å². The molecule has 0 spiro atoms. The summed E-state index contributed by atoms with van der Waals surface area (Å²) in [6.07, 6.45) is 0. The lowest BCUT2D eigenvalue weighted by Gasteiger charge is -2.09. The summed E-state index contributed by atoms with van der Waals surface area (Å²) in [6, 6.07) is 11.1. The summed E-state index contributed by atoms with van der Waals surface area (Å²) < 4.78 is 23.6. The zero-order chi connectivity index (χ0) is 13.0. The minimum Gasteiger partial charge on any atom is -0.504 e. The minimum absolute atomic E-state index is 0.0344. The molecule has 4 heteroatoms. The van der Waals surface area contributed by atoms with E-state index in [2.05, 4.69) is 0 Å². The molecule has 2 aromatic rings. The van der Waals surface area contributed by atoms with Crippen molar-refractivity contribution in [1.82, 2.24) is 0 Å². The quantitative estimate of drug-likeness (QED) is 0.903. The maximum Gasteiger partial charge on any atom is 0.165 e. The standard InChI is InChI=1S/C14H13FO3/c1-17-14-7-6-10(8-12(14)16)9-18-13-5-3-2-4-11(13)15/h2-8,16H,9H2,1H3. The number of aromatic hydroxyl groups is 1. The molecule has 0 radical (unpaired) electrons. The molecule has 0 aliphatic heterocycles. The molecule has 0 heterocycles. The molecule has 0 aliphatic rings. The van der Waals surface area contributed by atoms with Gasteiger partial charge in [-0.1, -0.05) is 18.2 Å². The molecular weight excluding hydrogens is 235 g/mol. The molecule has 2 rings (SSSR count). The van der Waals surface area contributed by atoms with Crippen LogP contribution in [-0.2, 0) is 6.61 Å². The lowest BCUT2D eigenvalue weighted by molar-refractivity contribution is 0.289. The van der Waals surface area contributed by atoms with Crippen LogP contribution in [0.1, 0.15) is 5.56 Å². The predicted molar refractivity (Wildman–Crippen MR) is 65.4 cm³/mol. The largest absolute Gasteiger partial charge is 0.504 e. The smallest absolute Gasteiger partial charge is 0.165 e. The maximum atomic E-state index is 13.3. The van der Waals surface area contributed by atoms with E-state index in [1.807, 2.05) is 0 Å². The van der Waals surface area contributed by atoms with Gasteiger partial charge in [0.1, 0.15) is 6.61 Å². The van der Waals surface area contributed by atoms with E-state index in [0.29, 0.717) is 5.75 Å². The SMILES string of the molecule is COc1ccc(COc2ccccc2F)cc1O. The molecule has 0 atom stereocenters. The first-order chi connectivity index (χ1) is 8.70. The highest BCUT2D eigenvalue weighted by Crippen LogP contribution is 2.27. The molecular formula is C14H13FO3. The van der Waals surface area contributed by atoms with Gasteiger partial charge in [0, 0.05) is 0 Å². The Morgan fingerprint density at radius 3 is 2.56 bits per heavy atom. The first-order valence-electron chi connectivity index (χ1n) is 5.44. The third-order valence-corrected chi connectivity index (χ3v) is 2.47. The molecule has 0 fully saturated rings. The highest BCUT2D eigenvalue weighted by molar-refractivity contribution is 5.41. The van der Waals surface area contributed by atoms with E-state index in [0.717, 1.165) is 5.56 Å². The fourth-order valence-corrected chi connectivity index (χ4v) is 1.55. The molecule has 0 saturated heterocycles. The van der Waals surface area contributed by atoms with E-state index in [1.54, 1.807) is 30.3 Å². The van der Waals surface area contributed by atoms with Crippen molar-refractivity contribution >= 4 is 0 Å². The van der Waals surface area contributed by atoms with Gasteiger partial charge in [-0.2, -0.15) is 0 Å². The molecule has 1 N–H and O–H groups in total. The zero-order valence-corrected chi connectivity index (χ0v) is 9.89. The molecule has 0 bridgehead atoms. The van der Waals surface area contributed by atoms with E-state index in [9.17, 15) is 9.50 Å². The summed E-state index contributed by atoms with van der Waals surface area (Å²) in [5, 5.41) is 9.59. The summed E-state index contributed by atoms with van der Waals surface area (Å²) in [5.74, 6) is 0.208. The first kappa shape index (κ1) is 12.2. The number of methoxy groups -OCH3 is 1. The van der Waals surface area contributed by atoms with Crippen molar-refractivity contribution in [1.29, 1.82) is 0 Å². The molecule has 0 amide bonds. The van der Waals surface area contributed by atoms with Crippen LogP contribution < -0.4 is 9.47 Å². The summed E-state index contributed by atoms with van der Waals surface area (Å²) in [6.45, 7) is 0.179. The molecule has 18 heavy (non-hydrogen) atoms. The van der Waals surface area contributed by atoms with Gasteiger partial charge in [-0.25, -0.2) is 4.39 Å². The Hall–Kier alpha value is -2.23. The van der Waals surface area contributed by atoms with Crippen LogP contribution in [0.25, 0.3) is 0 Å². The van der Waals surface area contributed by atoms with Crippen molar-refractivity contribution in [2.24, 2.45) is 0 Å². The number of halogens is 1. The van der Waals surface area contributed by atoms with E-state index >= 15 is 0 Å². The van der Waals surface area contributed by atoms with Gasteiger partial charge >= 0.3 is 0 Å². The topological polar surface area (TPSA) is 38.7 Å². The Balaban J connectivity index is 2.07. The Morgan fingerprint density at radius 2 is 1.89 bits per heavy atom. The van der Waals surface area contributed by atoms with Crippen molar-refractivity contribution in [3.8, 4) is 17.2 Å². The fraction of sp³-hybridized carbons (Fsp3) is 0.143.